The van der Waals surface area contributed by atoms with Crippen LogP contribution in [0.4, 0.5) is 0 Å². The Labute approximate surface area is 564 Å². The summed E-state index contributed by atoms with van der Waals surface area (Å²) in [5, 5.41) is 23.3. The van der Waals surface area contributed by atoms with Gasteiger partial charge < -0.3 is 20.3 Å². The van der Waals surface area contributed by atoms with Gasteiger partial charge in [-0.3, -0.25) is 9.59 Å². The molecule has 2 atom stereocenters. The molecular formula is C84H161NO5. The van der Waals surface area contributed by atoms with E-state index in [1.165, 1.54) is 392 Å². The molecule has 0 spiro atoms. The summed E-state index contributed by atoms with van der Waals surface area (Å²) in [6.45, 7) is 4.96. The second kappa shape index (κ2) is 79.5. The third-order valence-corrected chi connectivity index (χ3v) is 19.4. The molecule has 0 fully saturated rings. The topological polar surface area (TPSA) is 95.9 Å². The first-order chi connectivity index (χ1) is 44.5. The van der Waals surface area contributed by atoms with Gasteiger partial charge >= 0.3 is 5.97 Å². The van der Waals surface area contributed by atoms with E-state index in [1.807, 2.05) is 6.08 Å². The Morgan fingerprint density at radius 2 is 0.556 bits per heavy atom. The zero-order valence-electron chi connectivity index (χ0n) is 61.1. The lowest BCUT2D eigenvalue weighted by Gasteiger charge is -2.20. The van der Waals surface area contributed by atoms with Gasteiger partial charge in [0.25, 0.3) is 0 Å². The molecule has 6 nitrogen and oxygen atoms in total. The van der Waals surface area contributed by atoms with E-state index >= 15 is 0 Å². The van der Waals surface area contributed by atoms with E-state index in [1.54, 1.807) is 6.08 Å². The molecule has 532 valence electrons. The molecule has 0 aliphatic heterocycles. The van der Waals surface area contributed by atoms with Crippen molar-refractivity contribution < 1.29 is 24.5 Å². The molecule has 0 heterocycles. The lowest BCUT2D eigenvalue weighted by atomic mass is 10.0. The summed E-state index contributed by atoms with van der Waals surface area (Å²) in [6, 6.07) is -0.631. The quantitative estimate of drug-likeness (QED) is 0.0320. The fraction of sp³-hybridized carbons (Fsp3) is 0.905. The predicted molar refractivity (Wildman–Crippen MR) is 398 cm³/mol. The molecule has 0 aromatic heterocycles. The molecule has 0 aromatic rings. The van der Waals surface area contributed by atoms with Crippen molar-refractivity contribution in [2.75, 3.05) is 13.2 Å². The molecule has 3 N–H and O–H groups in total. The van der Waals surface area contributed by atoms with Gasteiger partial charge in [-0.25, -0.2) is 0 Å². The summed E-state index contributed by atoms with van der Waals surface area (Å²) in [5.41, 5.74) is 0. The van der Waals surface area contributed by atoms with Crippen LogP contribution in [0.25, 0.3) is 0 Å². The number of unbranched alkanes of at least 4 members (excludes halogenated alkanes) is 63. The van der Waals surface area contributed by atoms with Gasteiger partial charge in [0, 0.05) is 12.8 Å². The standard InChI is InChI=1S/C84H161NO5/c1-3-5-7-9-11-13-15-17-19-21-23-24-25-31-34-37-41-44-48-52-56-60-64-68-72-76-82(87)81(80-86)85-83(88)77-73-69-65-61-57-53-49-45-42-38-35-32-29-27-26-28-30-33-36-39-43-47-51-55-59-63-67-71-75-79-90-84(89)78-74-70-66-62-58-54-50-46-40-22-20-18-16-14-12-10-8-6-4-2/h26,28,33,36,72,76,81-82,86-87H,3-25,27,29-32,34-35,37-71,73-75,77-80H2,1-2H3,(H,85,88)/b28-26-,36-33-,76-72+. The van der Waals surface area contributed by atoms with Crippen molar-refractivity contribution in [2.45, 2.75) is 475 Å². The predicted octanol–water partition coefficient (Wildman–Crippen LogP) is 27.4. The molecule has 6 heteroatoms. The van der Waals surface area contributed by atoms with Gasteiger partial charge in [0.2, 0.25) is 5.91 Å². The van der Waals surface area contributed by atoms with Crippen molar-refractivity contribution in [1.29, 1.82) is 0 Å². The van der Waals surface area contributed by atoms with Crippen LogP contribution in [-0.4, -0.2) is 47.4 Å². The first-order valence-electron chi connectivity index (χ1n) is 41.3. The van der Waals surface area contributed by atoms with Gasteiger partial charge in [-0.1, -0.05) is 423 Å². The molecule has 2 unspecified atom stereocenters. The maximum Gasteiger partial charge on any atom is 0.305 e. The van der Waals surface area contributed by atoms with Crippen LogP contribution in [0.5, 0.6) is 0 Å². The first-order valence-corrected chi connectivity index (χ1v) is 41.3. The second-order valence-corrected chi connectivity index (χ2v) is 28.5. The summed E-state index contributed by atoms with van der Waals surface area (Å²) < 4.78 is 5.52. The van der Waals surface area contributed by atoms with Crippen LogP contribution in [0.1, 0.15) is 463 Å². The fourth-order valence-electron chi connectivity index (χ4n) is 13.1. The van der Waals surface area contributed by atoms with Gasteiger partial charge in [-0.15, -0.1) is 0 Å². The molecule has 0 bridgehead atoms. The first kappa shape index (κ1) is 88.1. The molecule has 0 saturated heterocycles. The van der Waals surface area contributed by atoms with E-state index in [2.05, 4.69) is 43.5 Å². The summed E-state index contributed by atoms with van der Waals surface area (Å²) in [5.74, 6) is -0.0464. The largest absolute Gasteiger partial charge is 0.466 e. The van der Waals surface area contributed by atoms with Crippen molar-refractivity contribution in [3.05, 3.63) is 36.5 Å². The molecule has 90 heavy (non-hydrogen) atoms. The van der Waals surface area contributed by atoms with Gasteiger partial charge in [0.1, 0.15) is 0 Å². The van der Waals surface area contributed by atoms with E-state index in [0.29, 0.717) is 19.4 Å². The number of esters is 1. The van der Waals surface area contributed by atoms with E-state index in [-0.39, 0.29) is 18.5 Å². The van der Waals surface area contributed by atoms with Crippen LogP contribution >= 0.6 is 0 Å². The number of rotatable bonds is 78. The summed E-state index contributed by atoms with van der Waals surface area (Å²) in [6.07, 6.45) is 104. The van der Waals surface area contributed by atoms with Crippen molar-refractivity contribution in [3.63, 3.8) is 0 Å². The highest BCUT2D eigenvalue weighted by Crippen LogP contribution is 2.20. The maximum atomic E-state index is 12.6. The molecule has 1 amide bonds. The Morgan fingerprint density at radius 1 is 0.311 bits per heavy atom. The Morgan fingerprint density at radius 3 is 0.844 bits per heavy atom. The van der Waals surface area contributed by atoms with E-state index < -0.39 is 12.1 Å². The molecule has 0 aromatic carbocycles. The number of carbonyl (C=O) groups excluding carboxylic acids is 2. The SMILES string of the molecule is CCCCCCCCCCCCCCCCCCCCCCCCC/C=C/C(O)C(CO)NC(=O)CCCCCCCCCCCCCCC/C=C\C/C=C\CCCCCCCCCCCOC(=O)CCCCCCCCCCCCCCCCCCCCC. The number of aliphatic hydroxyl groups excluding tert-OH is 2. The Kier molecular flexibility index (Phi) is 77.8. The fourth-order valence-corrected chi connectivity index (χ4v) is 13.1. The monoisotopic (exact) mass is 1260 g/mol. The lowest BCUT2D eigenvalue weighted by molar-refractivity contribution is -0.143. The van der Waals surface area contributed by atoms with Crippen LogP contribution in [0.2, 0.25) is 0 Å². The lowest BCUT2D eigenvalue weighted by Crippen LogP contribution is -2.45. The van der Waals surface area contributed by atoms with Gasteiger partial charge in [-0.05, 0) is 64.2 Å². The number of nitrogens with one attached hydrogen (secondary N) is 1. The molecule has 0 aliphatic rings. The molecule has 0 saturated carbocycles. The average Bonchev–Trinajstić information content (AvgIpc) is 3.72. The summed E-state index contributed by atoms with van der Waals surface area (Å²) in [7, 11) is 0. The van der Waals surface area contributed by atoms with Gasteiger partial charge in [0.05, 0.1) is 25.4 Å². The maximum absolute atomic E-state index is 12.6. The Bertz CT molecular complexity index is 1460. The molecule has 0 radical (unpaired) electrons. The van der Waals surface area contributed by atoms with Crippen LogP contribution in [0.15, 0.2) is 36.5 Å². The highest BCUT2D eigenvalue weighted by Gasteiger charge is 2.18. The minimum Gasteiger partial charge on any atom is -0.466 e. The van der Waals surface area contributed by atoms with Gasteiger partial charge in [0.15, 0.2) is 0 Å². The smallest absolute Gasteiger partial charge is 0.305 e. The third kappa shape index (κ3) is 75.1. The highest BCUT2D eigenvalue weighted by atomic mass is 16.5. The van der Waals surface area contributed by atoms with Crippen LogP contribution in [-0.2, 0) is 14.3 Å². The van der Waals surface area contributed by atoms with E-state index in [9.17, 15) is 19.8 Å². The Hall–Kier alpha value is -1.92. The van der Waals surface area contributed by atoms with Crippen molar-refractivity contribution in [2.24, 2.45) is 0 Å². The minimum atomic E-state index is -0.847. The number of carbonyl (C=O) groups is 2. The number of hydrogen-bond acceptors (Lipinski definition) is 5. The zero-order valence-corrected chi connectivity index (χ0v) is 61.1. The highest BCUT2D eigenvalue weighted by molar-refractivity contribution is 5.76. The Balaban J connectivity index is 3.41. The van der Waals surface area contributed by atoms with Crippen molar-refractivity contribution >= 4 is 11.9 Å². The number of allylic oxidation sites excluding steroid dienone is 5. The molecule has 0 aliphatic carbocycles. The van der Waals surface area contributed by atoms with E-state index in [0.717, 1.165) is 44.9 Å². The van der Waals surface area contributed by atoms with Crippen LogP contribution in [0.3, 0.4) is 0 Å². The molecular weight excluding hydrogens is 1100 g/mol. The second-order valence-electron chi connectivity index (χ2n) is 28.5. The van der Waals surface area contributed by atoms with Crippen molar-refractivity contribution in [1.82, 2.24) is 5.32 Å². The normalized spacial score (nSPS) is 12.6. The summed E-state index contributed by atoms with van der Waals surface area (Å²) in [4.78, 5) is 24.7. The van der Waals surface area contributed by atoms with Crippen LogP contribution in [0, 0.1) is 0 Å². The molecule has 0 rings (SSSR count). The number of aliphatic hydroxyl groups is 2. The van der Waals surface area contributed by atoms with Gasteiger partial charge in [-0.2, -0.15) is 0 Å². The minimum absolute atomic E-state index is 0.0175. The van der Waals surface area contributed by atoms with E-state index in [4.69, 9.17) is 4.74 Å². The zero-order chi connectivity index (χ0) is 64.9. The number of ether oxygens (including phenoxy) is 1. The van der Waals surface area contributed by atoms with Crippen molar-refractivity contribution in [3.8, 4) is 0 Å². The summed E-state index contributed by atoms with van der Waals surface area (Å²) >= 11 is 0. The average molecular weight is 1270 g/mol. The number of amides is 1. The van der Waals surface area contributed by atoms with Crippen LogP contribution < -0.4 is 5.32 Å². The third-order valence-electron chi connectivity index (χ3n) is 19.4. The number of hydrogen-bond donors (Lipinski definition) is 3.